The van der Waals surface area contributed by atoms with Crippen LogP contribution in [0.2, 0.25) is 0 Å². The summed E-state index contributed by atoms with van der Waals surface area (Å²) in [4.78, 5) is 12.6. The number of benzene rings is 1. The number of sulfonamides is 1. The Balaban J connectivity index is 1.76. The van der Waals surface area contributed by atoms with E-state index < -0.39 is 10.0 Å². The van der Waals surface area contributed by atoms with Crippen LogP contribution in [-0.4, -0.2) is 38.8 Å². The van der Waals surface area contributed by atoms with Crippen LogP contribution >= 0.6 is 0 Å². The number of carbonyl (C=O) groups excluding carboxylic acids is 1. The minimum Gasteiger partial charge on any atom is -0.349 e. The van der Waals surface area contributed by atoms with Gasteiger partial charge in [-0.3, -0.25) is 4.79 Å². The lowest BCUT2D eigenvalue weighted by atomic mass is 9.95. The first-order chi connectivity index (χ1) is 10.4. The van der Waals surface area contributed by atoms with Gasteiger partial charge in [0.1, 0.15) is 0 Å². The zero-order valence-electron chi connectivity index (χ0n) is 13.0. The molecule has 1 N–H and O–H groups in total. The third-order valence-electron chi connectivity index (χ3n) is 4.93. The van der Waals surface area contributed by atoms with E-state index in [-0.39, 0.29) is 16.8 Å². The molecule has 2 aliphatic carbocycles. The van der Waals surface area contributed by atoms with E-state index in [1.165, 1.54) is 45.5 Å². The molecule has 0 saturated heterocycles. The van der Waals surface area contributed by atoms with E-state index in [1.54, 1.807) is 12.1 Å². The van der Waals surface area contributed by atoms with Crippen LogP contribution in [0.15, 0.2) is 29.2 Å². The van der Waals surface area contributed by atoms with Gasteiger partial charge >= 0.3 is 0 Å². The molecule has 1 amide bonds. The summed E-state index contributed by atoms with van der Waals surface area (Å²) < 4.78 is 25.5. The van der Waals surface area contributed by atoms with Gasteiger partial charge in [-0.2, -0.15) is 0 Å². The molecule has 0 spiro atoms. The highest BCUT2D eigenvalue weighted by molar-refractivity contribution is 7.89. The Kier molecular flexibility index (Phi) is 3.99. The van der Waals surface area contributed by atoms with Crippen LogP contribution in [0.4, 0.5) is 0 Å². The molecule has 0 aromatic heterocycles. The number of rotatable bonds is 4. The number of hydrogen-bond donors (Lipinski definition) is 1. The van der Waals surface area contributed by atoms with E-state index in [0.717, 1.165) is 16.6 Å². The molecule has 120 valence electrons. The maximum atomic E-state index is 12.4. The van der Waals surface area contributed by atoms with E-state index >= 15 is 0 Å². The molecule has 2 fully saturated rings. The van der Waals surface area contributed by atoms with Crippen molar-refractivity contribution in [2.75, 3.05) is 14.1 Å². The van der Waals surface area contributed by atoms with Crippen LogP contribution in [0.1, 0.15) is 36.0 Å². The van der Waals surface area contributed by atoms with E-state index in [2.05, 4.69) is 5.32 Å². The fourth-order valence-electron chi connectivity index (χ4n) is 3.68. The van der Waals surface area contributed by atoms with Crippen LogP contribution in [0, 0.1) is 11.8 Å². The molecular formula is C16H22N2O3S. The molecule has 22 heavy (non-hydrogen) atoms. The van der Waals surface area contributed by atoms with Gasteiger partial charge in [0.05, 0.1) is 4.90 Å². The van der Waals surface area contributed by atoms with Crippen molar-refractivity contribution in [2.45, 2.75) is 36.6 Å². The average Bonchev–Trinajstić information content (AvgIpc) is 3.09. The minimum absolute atomic E-state index is 0.151. The van der Waals surface area contributed by atoms with Crippen LogP contribution in [0.3, 0.4) is 0 Å². The second kappa shape index (κ2) is 5.66. The van der Waals surface area contributed by atoms with Crippen LogP contribution in [0.25, 0.3) is 0 Å². The second-order valence-corrected chi connectivity index (χ2v) is 8.72. The molecule has 0 heterocycles. The average molecular weight is 322 g/mol. The van der Waals surface area contributed by atoms with Crippen molar-refractivity contribution in [2.24, 2.45) is 11.8 Å². The Hall–Kier alpha value is -1.40. The van der Waals surface area contributed by atoms with Crippen molar-refractivity contribution < 1.29 is 13.2 Å². The lowest BCUT2D eigenvalue weighted by Gasteiger charge is -2.23. The zero-order valence-corrected chi connectivity index (χ0v) is 13.8. The predicted octanol–water partition coefficient (Wildman–Crippen LogP) is 1.86. The third-order valence-corrected chi connectivity index (χ3v) is 6.74. The predicted molar refractivity (Wildman–Crippen MR) is 84.0 cm³/mol. The molecule has 1 aromatic carbocycles. The summed E-state index contributed by atoms with van der Waals surface area (Å²) in [7, 11) is -0.548. The molecule has 0 aliphatic heterocycles. The Bertz CT molecular complexity index is 684. The molecule has 5 nitrogen and oxygen atoms in total. The lowest BCUT2D eigenvalue weighted by Crippen LogP contribution is -2.38. The standard InChI is InChI=1S/C16H22N2O3S/c1-18(2)22(20,21)14-5-3-4-13(10-14)16(19)17-15-9-11-6-7-12(15)8-11/h3-5,10-12,15H,6-9H2,1-2H3,(H,17,19)/t11-,12+,15-/m0/s1. The van der Waals surface area contributed by atoms with Crippen molar-refractivity contribution in [3.8, 4) is 0 Å². The first kappa shape index (κ1) is 15.5. The van der Waals surface area contributed by atoms with Gasteiger partial charge in [-0.25, -0.2) is 12.7 Å². The Morgan fingerprint density at radius 3 is 2.59 bits per heavy atom. The van der Waals surface area contributed by atoms with Crippen molar-refractivity contribution in [1.82, 2.24) is 9.62 Å². The molecule has 2 aliphatic rings. The Morgan fingerprint density at radius 1 is 1.23 bits per heavy atom. The summed E-state index contributed by atoms with van der Waals surface area (Å²) in [5.41, 5.74) is 0.408. The Morgan fingerprint density at radius 2 is 2.00 bits per heavy atom. The first-order valence-electron chi connectivity index (χ1n) is 7.71. The van der Waals surface area contributed by atoms with Crippen molar-refractivity contribution in [1.29, 1.82) is 0 Å². The normalized spacial score (nSPS) is 27.3. The highest BCUT2D eigenvalue weighted by atomic mass is 32.2. The van der Waals surface area contributed by atoms with Gasteiger partial charge in [0.25, 0.3) is 5.91 Å². The summed E-state index contributed by atoms with van der Waals surface area (Å²) in [6.07, 6.45) is 4.77. The second-order valence-electron chi connectivity index (χ2n) is 6.57. The van der Waals surface area contributed by atoms with Gasteiger partial charge in [-0.1, -0.05) is 12.5 Å². The van der Waals surface area contributed by atoms with Gasteiger partial charge in [0.15, 0.2) is 0 Å². The molecule has 6 heteroatoms. The molecule has 3 atom stereocenters. The van der Waals surface area contributed by atoms with Crippen molar-refractivity contribution in [3.63, 3.8) is 0 Å². The summed E-state index contributed by atoms with van der Waals surface area (Å²) in [6, 6.07) is 6.51. The maximum Gasteiger partial charge on any atom is 0.251 e. The molecule has 3 rings (SSSR count). The van der Waals surface area contributed by atoms with Gasteiger partial charge in [-0.15, -0.1) is 0 Å². The highest BCUT2D eigenvalue weighted by Gasteiger charge is 2.40. The SMILES string of the molecule is CN(C)S(=O)(=O)c1cccc(C(=O)N[C@H]2C[C@H]3CC[C@@H]2C3)c1. The quantitative estimate of drug-likeness (QED) is 0.920. The topological polar surface area (TPSA) is 66.5 Å². The van der Waals surface area contributed by atoms with Gasteiger partial charge in [0, 0.05) is 25.7 Å². The molecule has 2 bridgehead atoms. The first-order valence-corrected chi connectivity index (χ1v) is 9.15. The lowest BCUT2D eigenvalue weighted by molar-refractivity contribution is 0.0922. The van der Waals surface area contributed by atoms with E-state index in [4.69, 9.17) is 0 Å². The number of amides is 1. The molecule has 1 aromatic rings. The van der Waals surface area contributed by atoms with E-state index in [1.807, 2.05) is 0 Å². The zero-order chi connectivity index (χ0) is 15.9. The number of fused-ring (bicyclic) bond motifs is 2. The van der Waals surface area contributed by atoms with Crippen molar-refractivity contribution >= 4 is 15.9 Å². The monoisotopic (exact) mass is 322 g/mol. The molecular weight excluding hydrogens is 300 g/mol. The van der Waals surface area contributed by atoms with E-state index in [9.17, 15) is 13.2 Å². The van der Waals surface area contributed by atoms with E-state index in [0.29, 0.717) is 11.5 Å². The highest BCUT2D eigenvalue weighted by Crippen LogP contribution is 2.44. The molecule has 2 saturated carbocycles. The summed E-state index contributed by atoms with van der Waals surface area (Å²) in [6.45, 7) is 0. The van der Waals surface area contributed by atoms with Crippen LogP contribution < -0.4 is 5.32 Å². The fraction of sp³-hybridized carbons (Fsp3) is 0.562. The number of nitrogens with one attached hydrogen (secondary N) is 1. The van der Waals surface area contributed by atoms with Gasteiger partial charge in [-0.05, 0) is 49.3 Å². The molecule has 0 radical (unpaired) electrons. The Labute approximate surface area is 131 Å². The van der Waals surface area contributed by atoms with Crippen LogP contribution in [-0.2, 0) is 10.0 Å². The summed E-state index contributed by atoms with van der Waals surface area (Å²) in [5.74, 6) is 1.19. The third kappa shape index (κ3) is 2.77. The fourth-order valence-corrected chi connectivity index (χ4v) is 4.63. The minimum atomic E-state index is -3.52. The van der Waals surface area contributed by atoms with Crippen molar-refractivity contribution in [3.05, 3.63) is 29.8 Å². The van der Waals surface area contributed by atoms with Gasteiger partial charge in [0.2, 0.25) is 10.0 Å². The summed E-state index contributed by atoms with van der Waals surface area (Å²) in [5, 5.41) is 3.09. The maximum absolute atomic E-state index is 12.4. The number of carbonyl (C=O) groups is 1. The smallest absolute Gasteiger partial charge is 0.251 e. The number of hydrogen-bond acceptors (Lipinski definition) is 3. The van der Waals surface area contributed by atoms with Gasteiger partial charge < -0.3 is 5.32 Å². The molecule has 0 unspecified atom stereocenters. The van der Waals surface area contributed by atoms with Crippen LogP contribution in [0.5, 0.6) is 0 Å². The summed E-state index contributed by atoms with van der Waals surface area (Å²) >= 11 is 0. The largest absolute Gasteiger partial charge is 0.349 e. The number of nitrogens with zero attached hydrogens (tertiary/aromatic N) is 1.